The highest BCUT2D eigenvalue weighted by Gasteiger charge is 2.40. The summed E-state index contributed by atoms with van der Waals surface area (Å²) in [5.74, 6) is 0.416. The van der Waals surface area contributed by atoms with Crippen LogP contribution in [-0.2, 0) is 6.54 Å². The van der Waals surface area contributed by atoms with E-state index in [1.165, 1.54) is 24.8 Å². The predicted octanol–water partition coefficient (Wildman–Crippen LogP) is 5.25. The Labute approximate surface area is 166 Å². The lowest BCUT2D eigenvalue weighted by molar-refractivity contribution is 0.00906. The number of carbonyl (C=O) groups excluding carboxylic acids is 1. The highest BCUT2D eigenvalue weighted by Crippen LogP contribution is 2.39. The molecule has 2 saturated heterocycles. The summed E-state index contributed by atoms with van der Waals surface area (Å²) in [5, 5.41) is 1.05. The number of piperidine rings is 2. The first kappa shape index (κ1) is 17.6. The molecule has 2 aliphatic heterocycles. The van der Waals surface area contributed by atoms with E-state index in [9.17, 15) is 4.79 Å². The molecule has 2 bridgehead atoms. The SMILES string of the molecule is O=C(c1cnc2ccccc2c1)C1CC2CCCC(C1)N2Cc1ccccc1. The Morgan fingerprint density at radius 3 is 2.46 bits per heavy atom. The number of pyridine rings is 1. The molecule has 0 N–H and O–H groups in total. The molecule has 0 saturated carbocycles. The fraction of sp³-hybridized carbons (Fsp3) is 0.360. The summed E-state index contributed by atoms with van der Waals surface area (Å²) < 4.78 is 0. The lowest BCUT2D eigenvalue weighted by atomic mass is 9.75. The number of rotatable bonds is 4. The van der Waals surface area contributed by atoms with E-state index in [0.717, 1.165) is 35.9 Å². The fourth-order valence-electron chi connectivity index (χ4n) is 5.19. The van der Waals surface area contributed by atoms with E-state index in [-0.39, 0.29) is 11.7 Å². The molecule has 0 aliphatic carbocycles. The van der Waals surface area contributed by atoms with Gasteiger partial charge in [0, 0.05) is 41.7 Å². The summed E-state index contributed by atoms with van der Waals surface area (Å²) >= 11 is 0. The van der Waals surface area contributed by atoms with Gasteiger partial charge in [-0.05, 0) is 43.4 Å². The van der Waals surface area contributed by atoms with E-state index in [1.54, 1.807) is 6.20 Å². The monoisotopic (exact) mass is 370 g/mol. The van der Waals surface area contributed by atoms with Crippen molar-refractivity contribution in [2.75, 3.05) is 0 Å². The molecule has 0 radical (unpaired) electrons. The van der Waals surface area contributed by atoms with Crippen molar-refractivity contribution in [2.45, 2.75) is 50.7 Å². The average Bonchev–Trinajstić information content (AvgIpc) is 2.73. The Hall–Kier alpha value is -2.52. The van der Waals surface area contributed by atoms with Gasteiger partial charge in [-0.15, -0.1) is 0 Å². The second-order valence-corrected chi connectivity index (χ2v) is 8.35. The molecular formula is C25H26N2O. The topological polar surface area (TPSA) is 33.2 Å². The highest BCUT2D eigenvalue weighted by atomic mass is 16.1. The summed E-state index contributed by atoms with van der Waals surface area (Å²) in [7, 11) is 0. The molecule has 28 heavy (non-hydrogen) atoms. The van der Waals surface area contributed by atoms with Crippen LogP contribution in [-0.4, -0.2) is 27.8 Å². The third-order valence-corrected chi connectivity index (χ3v) is 6.58. The third kappa shape index (κ3) is 3.35. The molecule has 142 valence electrons. The van der Waals surface area contributed by atoms with Gasteiger partial charge in [-0.3, -0.25) is 14.7 Å². The Kier molecular flexibility index (Phi) is 4.69. The van der Waals surface area contributed by atoms with Crippen molar-refractivity contribution in [1.82, 2.24) is 9.88 Å². The van der Waals surface area contributed by atoms with Crippen LogP contribution in [0.3, 0.4) is 0 Å². The van der Waals surface area contributed by atoms with Crippen molar-refractivity contribution in [3.05, 3.63) is 78.0 Å². The second kappa shape index (κ2) is 7.48. The Balaban J connectivity index is 1.35. The fourth-order valence-corrected chi connectivity index (χ4v) is 5.19. The van der Waals surface area contributed by atoms with Crippen molar-refractivity contribution in [3.63, 3.8) is 0 Å². The second-order valence-electron chi connectivity index (χ2n) is 8.35. The summed E-state index contributed by atoms with van der Waals surface area (Å²) in [4.78, 5) is 20.5. The first-order valence-corrected chi connectivity index (χ1v) is 10.5. The van der Waals surface area contributed by atoms with E-state index in [4.69, 9.17) is 0 Å². The van der Waals surface area contributed by atoms with Crippen LogP contribution in [0.2, 0.25) is 0 Å². The molecule has 0 spiro atoms. The van der Waals surface area contributed by atoms with Gasteiger partial charge < -0.3 is 0 Å². The number of fused-ring (bicyclic) bond motifs is 3. The smallest absolute Gasteiger partial charge is 0.167 e. The normalized spacial score (nSPS) is 24.9. The molecule has 0 amide bonds. The van der Waals surface area contributed by atoms with Gasteiger partial charge >= 0.3 is 0 Å². The summed E-state index contributed by atoms with van der Waals surface area (Å²) in [5.41, 5.74) is 3.11. The molecule has 2 fully saturated rings. The van der Waals surface area contributed by atoms with Gasteiger partial charge in [-0.2, -0.15) is 0 Å². The first-order chi connectivity index (χ1) is 13.8. The van der Waals surface area contributed by atoms with Crippen LogP contribution < -0.4 is 0 Å². The van der Waals surface area contributed by atoms with Crippen LogP contribution in [0, 0.1) is 5.92 Å². The number of nitrogens with zero attached hydrogens (tertiary/aromatic N) is 2. The Morgan fingerprint density at radius 1 is 0.964 bits per heavy atom. The van der Waals surface area contributed by atoms with Crippen LogP contribution >= 0.6 is 0 Å². The van der Waals surface area contributed by atoms with E-state index in [1.807, 2.05) is 30.3 Å². The number of benzene rings is 2. The van der Waals surface area contributed by atoms with Crippen molar-refractivity contribution < 1.29 is 4.79 Å². The molecular weight excluding hydrogens is 344 g/mol. The number of ketones is 1. The van der Waals surface area contributed by atoms with Crippen LogP contribution in [0.5, 0.6) is 0 Å². The molecule has 3 aromatic rings. The van der Waals surface area contributed by atoms with E-state index in [0.29, 0.717) is 12.1 Å². The van der Waals surface area contributed by atoms with E-state index < -0.39 is 0 Å². The molecule has 2 aromatic carbocycles. The molecule has 5 rings (SSSR count). The summed E-state index contributed by atoms with van der Waals surface area (Å²) in [6.45, 7) is 1.01. The Bertz CT molecular complexity index is 970. The van der Waals surface area contributed by atoms with Gasteiger partial charge in [0.25, 0.3) is 0 Å². The molecule has 2 atom stereocenters. The highest BCUT2D eigenvalue weighted by molar-refractivity contribution is 6.00. The minimum Gasteiger partial charge on any atom is -0.294 e. The number of aromatic nitrogens is 1. The summed E-state index contributed by atoms with van der Waals surface area (Å²) in [6.07, 6.45) is 7.45. The van der Waals surface area contributed by atoms with Gasteiger partial charge in [0.15, 0.2) is 5.78 Å². The minimum atomic E-state index is 0.130. The van der Waals surface area contributed by atoms with Crippen molar-refractivity contribution in [3.8, 4) is 0 Å². The maximum absolute atomic E-state index is 13.3. The van der Waals surface area contributed by atoms with Crippen LogP contribution in [0.1, 0.15) is 48.0 Å². The molecule has 2 unspecified atom stereocenters. The van der Waals surface area contributed by atoms with Gasteiger partial charge in [-0.1, -0.05) is 55.0 Å². The van der Waals surface area contributed by atoms with Gasteiger partial charge in [-0.25, -0.2) is 0 Å². The van der Waals surface area contributed by atoms with E-state index >= 15 is 0 Å². The number of Topliss-reactive ketones (excluding diaryl/α,β-unsaturated/α-hetero) is 1. The van der Waals surface area contributed by atoms with Crippen molar-refractivity contribution >= 4 is 16.7 Å². The molecule has 1 aromatic heterocycles. The standard InChI is InChI=1S/C25H26N2O/c28-25(21-13-19-9-4-5-12-24(19)26-16-21)20-14-22-10-6-11-23(15-20)27(22)17-18-7-2-1-3-8-18/h1-5,7-9,12-13,16,20,22-23H,6,10-11,14-15,17H2. The van der Waals surface area contributed by atoms with Crippen molar-refractivity contribution in [2.24, 2.45) is 5.92 Å². The van der Waals surface area contributed by atoms with Crippen molar-refractivity contribution in [1.29, 1.82) is 0 Å². The predicted molar refractivity (Wildman–Crippen MR) is 112 cm³/mol. The van der Waals surface area contributed by atoms with Gasteiger partial charge in [0.1, 0.15) is 0 Å². The number of hydrogen-bond acceptors (Lipinski definition) is 3. The maximum Gasteiger partial charge on any atom is 0.167 e. The minimum absolute atomic E-state index is 0.130. The largest absolute Gasteiger partial charge is 0.294 e. The van der Waals surface area contributed by atoms with Crippen LogP contribution in [0.15, 0.2) is 66.9 Å². The van der Waals surface area contributed by atoms with Gasteiger partial charge in [0.05, 0.1) is 5.52 Å². The number of para-hydroxylation sites is 1. The lowest BCUT2D eigenvalue weighted by Crippen LogP contribution is -2.52. The average molecular weight is 370 g/mol. The third-order valence-electron chi connectivity index (χ3n) is 6.58. The zero-order valence-corrected chi connectivity index (χ0v) is 16.1. The molecule has 2 aliphatic rings. The summed E-state index contributed by atoms with van der Waals surface area (Å²) in [6, 6.07) is 21.8. The molecule has 3 heterocycles. The quantitative estimate of drug-likeness (QED) is 0.588. The Morgan fingerprint density at radius 2 is 1.68 bits per heavy atom. The first-order valence-electron chi connectivity index (χ1n) is 10.5. The number of hydrogen-bond donors (Lipinski definition) is 0. The zero-order valence-electron chi connectivity index (χ0n) is 16.1. The lowest BCUT2D eigenvalue weighted by Gasteiger charge is -2.48. The zero-order chi connectivity index (χ0) is 18.9. The van der Waals surface area contributed by atoms with E-state index in [2.05, 4.69) is 40.2 Å². The van der Waals surface area contributed by atoms with Crippen LogP contribution in [0.25, 0.3) is 10.9 Å². The van der Waals surface area contributed by atoms with Crippen LogP contribution in [0.4, 0.5) is 0 Å². The maximum atomic E-state index is 13.3. The molecule has 3 nitrogen and oxygen atoms in total. The molecule has 3 heteroatoms. The van der Waals surface area contributed by atoms with Gasteiger partial charge in [0.2, 0.25) is 0 Å². The number of carbonyl (C=O) groups is 1.